The molecule has 20 heavy (non-hydrogen) atoms. The zero-order valence-electron chi connectivity index (χ0n) is 12.3. The maximum atomic E-state index is 8.77. The van der Waals surface area contributed by atoms with Gasteiger partial charge in [-0.05, 0) is 51.6 Å². The summed E-state index contributed by atoms with van der Waals surface area (Å²) >= 11 is 0. The normalized spacial score (nSPS) is 32.8. The van der Waals surface area contributed by atoms with Gasteiger partial charge < -0.3 is 20.6 Å². The van der Waals surface area contributed by atoms with E-state index in [9.17, 15) is 0 Å². The fourth-order valence-electron chi connectivity index (χ4n) is 4.32. The Kier molecular flexibility index (Phi) is 4.17. The van der Waals surface area contributed by atoms with Crippen molar-refractivity contribution in [2.45, 2.75) is 63.0 Å². The van der Waals surface area contributed by atoms with Crippen molar-refractivity contribution in [1.29, 1.82) is 0 Å². The van der Waals surface area contributed by atoms with Gasteiger partial charge in [0.25, 0.3) is 0 Å². The molecule has 2 heterocycles. The first kappa shape index (κ1) is 14.1. The smallest absolute Gasteiger partial charge is 0.142 e. The second-order valence-corrected chi connectivity index (χ2v) is 6.72. The molecular formula is C15H27N3O2. The molecule has 1 unspecified atom stereocenters. The zero-order valence-corrected chi connectivity index (χ0v) is 12.3. The SMILES string of the molecule is NC(=NO)C1CCN(C2CCOC3(CCCC3)C2)CC1. The van der Waals surface area contributed by atoms with Crippen molar-refractivity contribution in [2.24, 2.45) is 16.8 Å². The highest BCUT2D eigenvalue weighted by Crippen LogP contribution is 2.41. The van der Waals surface area contributed by atoms with Gasteiger partial charge in [0.05, 0.1) is 5.60 Å². The second kappa shape index (κ2) is 5.90. The fraction of sp³-hybridized carbons (Fsp3) is 0.933. The summed E-state index contributed by atoms with van der Waals surface area (Å²) in [5.41, 5.74) is 5.93. The van der Waals surface area contributed by atoms with Crippen molar-refractivity contribution in [1.82, 2.24) is 4.90 Å². The molecule has 0 aromatic rings. The van der Waals surface area contributed by atoms with E-state index in [1.165, 1.54) is 32.1 Å². The van der Waals surface area contributed by atoms with Gasteiger partial charge in [0.2, 0.25) is 0 Å². The van der Waals surface area contributed by atoms with Crippen LogP contribution in [0.1, 0.15) is 51.4 Å². The molecule has 3 rings (SSSR count). The Morgan fingerprint density at radius 1 is 1.20 bits per heavy atom. The number of rotatable bonds is 2. The molecule has 0 amide bonds. The van der Waals surface area contributed by atoms with Crippen molar-refractivity contribution in [3.05, 3.63) is 0 Å². The molecule has 3 fully saturated rings. The van der Waals surface area contributed by atoms with Crippen LogP contribution in [0.5, 0.6) is 0 Å². The Morgan fingerprint density at radius 2 is 1.90 bits per heavy atom. The van der Waals surface area contributed by atoms with Crippen molar-refractivity contribution >= 4 is 5.84 Å². The molecule has 5 heteroatoms. The molecule has 1 atom stereocenters. The second-order valence-electron chi connectivity index (χ2n) is 6.72. The molecule has 2 aliphatic heterocycles. The van der Waals surface area contributed by atoms with Gasteiger partial charge in [0.15, 0.2) is 0 Å². The van der Waals surface area contributed by atoms with Crippen LogP contribution in [0.3, 0.4) is 0 Å². The minimum absolute atomic E-state index is 0.200. The van der Waals surface area contributed by atoms with Gasteiger partial charge in [-0.1, -0.05) is 18.0 Å². The monoisotopic (exact) mass is 281 g/mol. The summed E-state index contributed by atoms with van der Waals surface area (Å²) in [6, 6.07) is 0.676. The molecule has 2 saturated heterocycles. The molecule has 0 aromatic carbocycles. The summed E-state index contributed by atoms with van der Waals surface area (Å²) in [7, 11) is 0. The van der Waals surface area contributed by atoms with E-state index in [0.29, 0.717) is 11.9 Å². The summed E-state index contributed by atoms with van der Waals surface area (Å²) in [6.45, 7) is 3.06. The third kappa shape index (κ3) is 2.79. The average Bonchev–Trinajstić information content (AvgIpc) is 2.94. The number of likely N-dealkylation sites (tertiary alicyclic amines) is 1. The van der Waals surface area contributed by atoms with Crippen molar-refractivity contribution in [2.75, 3.05) is 19.7 Å². The predicted octanol–water partition coefficient (Wildman–Crippen LogP) is 1.94. The molecular weight excluding hydrogens is 254 g/mol. The molecule has 1 aliphatic carbocycles. The van der Waals surface area contributed by atoms with Crippen LogP contribution in [-0.4, -0.2) is 47.3 Å². The van der Waals surface area contributed by atoms with E-state index in [2.05, 4.69) is 10.1 Å². The summed E-state index contributed by atoms with van der Waals surface area (Å²) in [5, 5.41) is 11.9. The molecule has 3 N–H and O–H groups in total. The van der Waals surface area contributed by atoms with Gasteiger partial charge in [-0.15, -0.1) is 0 Å². The maximum Gasteiger partial charge on any atom is 0.142 e. The van der Waals surface area contributed by atoms with Crippen LogP contribution < -0.4 is 5.73 Å². The minimum Gasteiger partial charge on any atom is -0.409 e. The Bertz CT molecular complexity index is 358. The highest BCUT2D eigenvalue weighted by Gasteiger charge is 2.42. The third-order valence-electron chi connectivity index (χ3n) is 5.56. The van der Waals surface area contributed by atoms with Crippen molar-refractivity contribution in [3.8, 4) is 0 Å². The Balaban J connectivity index is 1.55. The first-order chi connectivity index (χ1) is 9.72. The van der Waals surface area contributed by atoms with E-state index in [0.717, 1.165) is 39.0 Å². The standard InChI is InChI=1S/C15H27N3O2/c16-14(17-19)12-3-8-18(9-4-12)13-5-10-20-15(11-13)6-1-2-7-15/h12-13,19H,1-11H2,(H2,16,17). The number of nitrogens with zero attached hydrogens (tertiary/aromatic N) is 2. The lowest BCUT2D eigenvalue weighted by molar-refractivity contribution is -0.104. The predicted molar refractivity (Wildman–Crippen MR) is 77.9 cm³/mol. The maximum absolute atomic E-state index is 8.77. The summed E-state index contributed by atoms with van der Waals surface area (Å²) in [5.74, 6) is 0.667. The Labute approximate surface area is 121 Å². The molecule has 3 aliphatic rings. The molecule has 114 valence electrons. The van der Waals surface area contributed by atoms with E-state index in [-0.39, 0.29) is 11.5 Å². The number of ether oxygens (including phenoxy) is 1. The fourth-order valence-corrected chi connectivity index (χ4v) is 4.32. The summed E-state index contributed by atoms with van der Waals surface area (Å²) in [4.78, 5) is 2.61. The van der Waals surface area contributed by atoms with Gasteiger partial charge in [-0.25, -0.2) is 0 Å². The number of amidine groups is 1. The first-order valence-corrected chi connectivity index (χ1v) is 8.08. The van der Waals surface area contributed by atoms with E-state index < -0.39 is 0 Å². The lowest BCUT2D eigenvalue weighted by Crippen LogP contribution is -2.50. The number of oxime groups is 1. The molecule has 0 bridgehead atoms. The van der Waals surface area contributed by atoms with Crippen molar-refractivity contribution in [3.63, 3.8) is 0 Å². The highest BCUT2D eigenvalue weighted by molar-refractivity contribution is 5.82. The molecule has 0 aromatic heterocycles. The van der Waals surface area contributed by atoms with Gasteiger partial charge in [0.1, 0.15) is 5.84 Å². The van der Waals surface area contributed by atoms with E-state index in [1.54, 1.807) is 0 Å². The van der Waals surface area contributed by atoms with Gasteiger partial charge in [-0.3, -0.25) is 0 Å². The van der Waals surface area contributed by atoms with Crippen LogP contribution >= 0.6 is 0 Å². The van der Waals surface area contributed by atoms with Crippen molar-refractivity contribution < 1.29 is 9.94 Å². The summed E-state index contributed by atoms with van der Waals surface area (Å²) < 4.78 is 6.13. The lowest BCUT2D eigenvalue weighted by Gasteiger charge is -2.45. The largest absolute Gasteiger partial charge is 0.409 e. The number of hydrogen-bond donors (Lipinski definition) is 2. The number of piperidine rings is 1. The molecule has 5 nitrogen and oxygen atoms in total. The number of nitrogens with two attached hydrogens (primary N) is 1. The van der Waals surface area contributed by atoms with E-state index in [1.807, 2.05) is 0 Å². The van der Waals surface area contributed by atoms with Crippen LogP contribution in [0.2, 0.25) is 0 Å². The molecule has 1 spiro atoms. The van der Waals surface area contributed by atoms with Gasteiger partial charge in [-0.2, -0.15) is 0 Å². The average molecular weight is 281 g/mol. The Morgan fingerprint density at radius 3 is 2.55 bits per heavy atom. The topological polar surface area (TPSA) is 71.1 Å². The van der Waals surface area contributed by atoms with Gasteiger partial charge >= 0.3 is 0 Å². The molecule has 0 radical (unpaired) electrons. The van der Waals surface area contributed by atoms with Crippen LogP contribution in [0.15, 0.2) is 5.16 Å². The highest BCUT2D eigenvalue weighted by atomic mass is 16.5. The third-order valence-corrected chi connectivity index (χ3v) is 5.56. The van der Waals surface area contributed by atoms with E-state index >= 15 is 0 Å². The van der Waals surface area contributed by atoms with Crippen LogP contribution in [0.4, 0.5) is 0 Å². The first-order valence-electron chi connectivity index (χ1n) is 8.08. The summed E-state index contributed by atoms with van der Waals surface area (Å²) in [6.07, 6.45) is 9.57. The lowest BCUT2D eigenvalue weighted by atomic mass is 9.86. The van der Waals surface area contributed by atoms with Gasteiger partial charge in [0, 0.05) is 18.6 Å². The van der Waals surface area contributed by atoms with Crippen LogP contribution in [-0.2, 0) is 4.74 Å². The molecule has 1 saturated carbocycles. The quantitative estimate of drug-likeness (QED) is 0.351. The minimum atomic E-state index is 0.200. The Hall–Kier alpha value is -0.810. The van der Waals surface area contributed by atoms with Crippen LogP contribution in [0, 0.1) is 5.92 Å². The number of hydrogen-bond acceptors (Lipinski definition) is 4. The zero-order chi connectivity index (χ0) is 14.0. The van der Waals surface area contributed by atoms with E-state index in [4.69, 9.17) is 15.7 Å². The van der Waals surface area contributed by atoms with Crippen LogP contribution in [0.25, 0.3) is 0 Å².